The quantitative estimate of drug-likeness (QED) is 0.872. The van der Waals surface area contributed by atoms with E-state index in [9.17, 15) is 0 Å². The molecule has 1 unspecified atom stereocenters. The van der Waals surface area contributed by atoms with Crippen molar-refractivity contribution in [2.24, 2.45) is 11.7 Å². The van der Waals surface area contributed by atoms with Gasteiger partial charge in [0.15, 0.2) is 0 Å². The van der Waals surface area contributed by atoms with E-state index in [4.69, 9.17) is 10.3 Å². The minimum atomic E-state index is 0.400. The summed E-state index contributed by atoms with van der Waals surface area (Å²) in [5, 5.41) is 4.01. The Morgan fingerprint density at radius 3 is 2.94 bits per heavy atom. The zero-order valence-corrected chi connectivity index (χ0v) is 10.8. The Morgan fingerprint density at radius 2 is 2.28 bits per heavy atom. The van der Waals surface area contributed by atoms with Gasteiger partial charge in [0.25, 0.3) is 0 Å². The Morgan fingerprint density at radius 1 is 1.44 bits per heavy atom. The molecule has 0 spiro atoms. The van der Waals surface area contributed by atoms with E-state index < -0.39 is 0 Å². The number of nitrogens with zero attached hydrogens (tertiary/aromatic N) is 3. The fourth-order valence-corrected chi connectivity index (χ4v) is 1.81. The van der Waals surface area contributed by atoms with Crippen LogP contribution < -0.4 is 5.73 Å². The lowest BCUT2D eigenvalue weighted by molar-refractivity contribution is 0.350. The lowest BCUT2D eigenvalue weighted by Crippen LogP contribution is -2.15. The van der Waals surface area contributed by atoms with Crippen LogP contribution in [-0.4, -0.2) is 21.7 Å². The first-order valence-corrected chi connectivity index (χ1v) is 6.18. The molecule has 5 nitrogen and oxygen atoms in total. The molecule has 0 fully saturated rings. The van der Waals surface area contributed by atoms with Gasteiger partial charge in [0, 0.05) is 24.4 Å². The van der Waals surface area contributed by atoms with Gasteiger partial charge in [0.2, 0.25) is 11.7 Å². The van der Waals surface area contributed by atoms with Crippen LogP contribution in [0.4, 0.5) is 0 Å². The van der Waals surface area contributed by atoms with Gasteiger partial charge in [-0.25, -0.2) is 0 Å². The first-order chi connectivity index (χ1) is 8.74. The highest BCUT2D eigenvalue weighted by molar-refractivity contribution is 5.57. The number of aryl methyl sites for hydroxylation is 1. The van der Waals surface area contributed by atoms with Gasteiger partial charge in [0.1, 0.15) is 0 Å². The zero-order valence-electron chi connectivity index (χ0n) is 10.8. The Bertz CT molecular complexity index is 505. The van der Waals surface area contributed by atoms with Crippen molar-refractivity contribution in [3.8, 4) is 11.4 Å². The van der Waals surface area contributed by atoms with Gasteiger partial charge >= 0.3 is 0 Å². The Kier molecular flexibility index (Phi) is 4.04. The Balaban J connectivity index is 2.18. The van der Waals surface area contributed by atoms with E-state index in [0.717, 1.165) is 24.0 Å². The molecule has 2 aromatic rings. The van der Waals surface area contributed by atoms with Crippen LogP contribution in [0.25, 0.3) is 11.4 Å². The molecule has 18 heavy (non-hydrogen) atoms. The second-order valence-corrected chi connectivity index (χ2v) is 4.42. The first-order valence-electron chi connectivity index (χ1n) is 6.18. The fourth-order valence-electron chi connectivity index (χ4n) is 1.81. The molecule has 5 heteroatoms. The van der Waals surface area contributed by atoms with Gasteiger partial charge in [-0.3, -0.25) is 4.98 Å². The lowest BCUT2D eigenvalue weighted by Gasteiger charge is -2.07. The van der Waals surface area contributed by atoms with Gasteiger partial charge in [0.05, 0.1) is 0 Å². The smallest absolute Gasteiger partial charge is 0.227 e. The summed E-state index contributed by atoms with van der Waals surface area (Å²) in [7, 11) is 0. The third kappa shape index (κ3) is 2.73. The summed E-state index contributed by atoms with van der Waals surface area (Å²) in [6, 6.07) is 1.89. The maximum absolute atomic E-state index is 5.68. The van der Waals surface area contributed by atoms with Crippen LogP contribution in [0.15, 0.2) is 23.0 Å². The van der Waals surface area contributed by atoms with E-state index in [1.54, 1.807) is 12.4 Å². The average Bonchev–Trinajstić information content (AvgIpc) is 2.85. The zero-order chi connectivity index (χ0) is 13.0. The van der Waals surface area contributed by atoms with Crippen LogP contribution in [-0.2, 0) is 6.42 Å². The van der Waals surface area contributed by atoms with Crippen molar-refractivity contribution in [3.63, 3.8) is 0 Å². The molecule has 2 N–H and O–H groups in total. The van der Waals surface area contributed by atoms with Crippen LogP contribution in [0.5, 0.6) is 0 Å². The number of aromatic nitrogens is 3. The number of hydrogen-bond donors (Lipinski definition) is 1. The molecule has 2 heterocycles. The predicted octanol–water partition coefficient (Wildman–Crippen LogP) is 1.97. The van der Waals surface area contributed by atoms with Crippen LogP contribution in [0.3, 0.4) is 0 Å². The van der Waals surface area contributed by atoms with Gasteiger partial charge in [-0.1, -0.05) is 18.5 Å². The van der Waals surface area contributed by atoms with E-state index in [1.807, 2.05) is 13.0 Å². The molecule has 2 rings (SSSR count). The van der Waals surface area contributed by atoms with Crippen LogP contribution >= 0.6 is 0 Å². The van der Waals surface area contributed by atoms with Crippen molar-refractivity contribution in [3.05, 3.63) is 29.9 Å². The fraction of sp³-hybridized carbons (Fsp3) is 0.462. The van der Waals surface area contributed by atoms with Gasteiger partial charge < -0.3 is 10.3 Å². The largest absolute Gasteiger partial charge is 0.339 e. The molecule has 0 aliphatic heterocycles. The topological polar surface area (TPSA) is 77.8 Å². The predicted molar refractivity (Wildman–Crippen MR) is 68.8 cm³/mol. The third-order valence-electron chi connectivity index (χ3n) is 3.10. The molecule has 0 radical (unpaired) electrons. The Hall–Kier alpha value is -1.75. The van der Waals surface area contributed by atoms with Crippen molar-refractivity contribution >= 4 is 0 Å². The standard InChI is InChI=1S/C13H18N4O/c1-3-10(7-14)6-12-16-13(17-18-12)11-4-5-15-8-9(11)2/h4-5,8,10H,3,6-7,14H2,1-2H3. The van der Waals surface area contributed by atoms with E-state index in [0.29, 0.717) is 24.2 Å². The second-order valence-electron chi connectivity index (χ2n) is 4.42. The maximum atomic E-state index is 5.68. The summed E-state index contributed by atoms with van der Waals surface area (Å²) < 4.78 is 5.27. The number of nitrogens with two attached hydrogens (primary N) is 1. The SMILES string of the molecule is CCC(CN)Cc1nc(-c2ccncc2C)no1. The van der Waals surface area contributed by atoms with Gasteiger partial charge in [-0.15, -0.1) is 0 Å². The molecule has 0 aliphatic rings. The van der Waals surface area contributed by atoms with Crippen molar-refractivity contribution < 1.29 is 4.52 Å². The molecular weight excluding hydrogens is 228 g/mol. The average molecular weight is 246 g/mol. The molecule has 0 aromatic carbocycles. The minimum Gasteiger partial charge on any atom is -0.339 e. The highest BCUT2D eigenvalue weighted by Gasteiger charge is 2.14. The highest BCUT2D eigenvalue weighted by Crippen LogP contribution is 2.20. The van der Waals surface area contributed by atoms with E-state index in [-0.39, 0.29) is 0 Å². The van der Waals surface area contributed by atoms with Crippen LogP contribution in [0.2, 0.25) is 0 Å². The van der Waals surface area contributed by atoms with Crippen molar-refractivity contribution in [2.75, 3.05) is 6.54 Å². The van der Waals surface area contributed by atoms with Gasteiger partial charge in [-0.05, 0) is 31.0 Å². The molecule has 0 amide bonds. The molecule has 96 valence electrons. The molecule has 0 saturated heterocycles. The molecule has 1 atom stereocenters. The monoisotopic (exact) mass is 246 g/mol. The maximum Gasteiger partial charge on any atom is 0.227 e. The van der Waals surface area contributed by atoms with E-state index >= 15 is 0 Å². The number of hydrogen-bond acceptors (Lipinski definition) is 5. The van der Waals surface area contributed by atoms with Crippen LogP contribution in [0, 0.1) is 12.8 Å². The summed E-state index contributed by atoms with van der Waals surface area (Å²) in [4.78, 5) is 8.47. The summed E-state index contributed by atoms with van der Waals surface area (Å²) in [5.41, 5.74) is 7.67. The normalized spacial score (nSPS) is 12.6. The third-order valence-corrected chi connectivity index (χ3v) is 3.10. The molecule has 0 bridgehead atoms. The Labute approximate surface area is 106 Å². The summed E-state index contributed by atoms with van der Waals surface area (Å²) in [5.74, 6) is 1.67. The highest BCUT2D eigenvalue weighted by atomic mass is 16.5. The summed E-state index contributed by atoms with van der Waals surface area (Å²) in [6.45, 7) is 4.73. The summed E-state index contributed by atoms with van der Waals surface area (Å²) in [6.07, 6.45) is 5.28. The van der Waals surface area contributed by atoms with Crippen molar-refractivity contribution in [1.82, 2.24) is 15.1 Å². The van der Waals surface area contributed by atoms with Gasteiger partial charge in [-0.2, -0.15) is 4.98 Å². The van der Waals surface area contributed by atoms with E-state index in [2.05, 4.69) is 22.0 Å². The van der Waals surface area contributed by atoms with Crippen LogP contribution in [0.1, 0.15) is 24.8 Å². The summed E-state index contributed by atoms with van der Waals surface area (Å²) >= 11 is 0. The van der Waals surface area contributed by atoms with Crippen molar-refractivity contribution in [2.45, 2.75) is 26.7 Å². The lowest BCUT2D eigenvalue weighted by atomic mass is 10.0. The molecule has 0 aliphatic carbocycles. The molecule has 0 saturated carbocycles. The minimum absolute atomic E-state index is 0.400. The van der Waals surface area contributed by atoms with Crippen molar-refractivity contribution in [1.29, 1.82) is 0 Å². The second kappa shape index (κ2) is 5.73. The molecular formula is C13H18N4O. The first kappa shape index (κ1) is 12.7. The number of rotatable bonds is 5. The number of pyridine rings is 1. The molecule has 2 aromatic heterocycles. The van der Waals surface area contributed by atoms with E-state index in [1.165, 1.54) is 0 Å².